The fourth-order valence-electron chi connectivity index (χ4n) is 1.39. The van der Waals surface area contributed by atoms with Crippen LogP contribution in [-0.2, 0) is 6.54 Å². The molecule has 14 heavy (non-hydrogen) atoms. The molecule has 5 heteroatoms. The number of nitrogens with zero attached hydrogens (tertiary/aromatic N) is 3. The highest BCUT2D eigenvalue weighted by Crippen LogP contribution is 2.23. The molecule has 2 aromatic rings. The van der Waals surface area contributed by atoms with Crippen molar-refractivity contribution in [2.75, 3.05) is 0 Å². The van der Waals surface area contributed by atoms with Gasteiger partial charge in [-0.3, -0.25) is 0 Å². The predicted octanol–water partition coefficient (Wildman–Crippen LogP) is 3.74. The van der Waals surface area contributed by atoms with Crippen molar-refractivity contribution in [3.8, 4) is 0 Å². The summed E-state index contributed by atoms with van der Waals surface area (Å²) in [5, 5.41) is 4.63. The van der Waals surface area contributed by atoms with Gasteiger partial charge < -0.3 is 4.98 Å². The highest BCUT2D eigenvalue weighted by Gasteiger charge is 2.02. The van der Waals surface area contributed by atoms with Crippen LogP contribution >= 0.6 is 15.9 Å². The van der Waals surface area contributed by atoms with Crippen LogP contribution in [0.2, 0.25) is 0 Å². The van der Waals surface area contributed by atoms with Crippen LogP contribution in [0, 0.1) is 0 Å². The summed E-state index contributed by atoms with van der Waals surface area (Å²) in [6.45, 7) is 0.382. The Balaban J connectivity index is 2.54. The fraction of sp³-hybridized carbons (Fsp3) is 0.111. The lowest BCUT2D eigenvalue weighted by atomic mass is 10.2. The second-order valence-corrected chi connectivity index (χ2v) is 3.81. The molecule has 70 valence electrons. The van der Waals surface area contributed by atoms with E-state index in [1.165, 1.54) is 0 Å². The Morgan fingerprint density at radius 1 is 1.50 bits per heavy atom. The molecule has 1 N–H and O–H groups in total. The number of hydrogen-bond donors (Lipinski definition) is 1. The van der Waals surface area contributed by atoms with E-state index >= 15 is 0 Å². The molecule has 0 aliphatic heterocycles. The van der Waals surface area contributed by atoms with Gasteiger partial charge in [-0.1, -0.05) is 21.0 Å². The molecule has 1 aromatic carbocycles. The first-order chi connectivity index (χ1) is 6.81. The van der Waals surface area contributed by atoms with Gasteiger partial charge in [-0.05, 0) is 29.3 Å². The van der Waals surface area contributed by atoms with Gasteiger partial charge in [0.1, 0.15) is 0 Å². The van der Waals surface area contributed by atoms with Crippen molar-refractivity contribution >= 4 is 26.8 Å². The smallest absolute Gasteiger partial charge is 0.0531 e. The number of aromatic nitrogens is 1. The second-order valence-electron chi connectivity index (χ2n) is 2.89. The molecule has 0 fully saturated rings. The first-order valence-corrected chi connectivity index (χ1v) is 4.87. The molecule has 0 bridgehead atoms. The van der Waals surface area contributed by atoms with E-state index in [0.717, 1.165) is 20.9 Å². The van der Waals surface area contributed by atoms with Crippen LogP contribution in [0.4, 0.5) is 0 Å². The third-order valence-electron chi connectivity index (χ3n) is 2.03. The number of aromatic amines is 1. The predicted molar refractivity (Wildman–Crippen MR) is 58.8 cm³/mol. The van der Waals surface area contributed by atoms with Crippen LogP contribution in [0.25, 0.3) is 21.3 Å². The lowest BCUT2D eigenvalue weighted by Crippen LogP contribution is -1.76. The number of halogens is 1. The summed E-state index contributed by atoms with van der Waals surface area (Å²) in [7, 11) is 0. The maximum absolute atomic E-state index is 8.23. The van der Waals surface area contributed by atoms with Crippen molar-refractivity contribution in [3.63, 3.8) is 0 Å². The molecule has 0 atom stereocenters. The van der Waals surface area contributed by atoms with Crippen molar-refractivity contribution in [1.82, 2.24) is 4.98 Å². The van der Waals surface area contributed by atoms with E-state index in [2.05, 4.69) is 30.9 Å². The number of nitrogens with one attached hydrogen (secondary N) is 1. The molecule has 0 saturated carbocycles. The molecule has 0 spiro atoms. The average molecular weight is 251 g/mol. The number of hydrogen-bond acceptors (Lipinski definition) is 1. The van der Waals surface area contributed by atoms with Crippen molar-refractivity contribution in [2.45, 2.75) is 6.54 Å². The Morgan fingerprint density at radius 3 is 3.14 bits per heavy atom. The summed E-state index contributed by atoms with van der Waals surface area (Å²) >= 11 is 3.40. The molecule has 0 aliphatic carbocycles. The summed E-state index contributed by atoms with van der Waals surface area (Å²) in [6.07, 6.45) is 1.87. The number of fused-ring (bicyclic) bond motifs is 1. The number of azide groups is 1. The number of benzene rings is 1. The van der Waals surface area contributed by atoms with Crippen molar-refractivity contribution in [3.05, 3.63) is 44.9 Å². The summed E-state index contributed by atoms with van der Waals surface area (Å²) < 4.78 is 1.02. The number of H-pyrrole nitrogens is 1. The van der Waals surface area contributed by atoms with Crippen LogP contribution in [0.1, 0.15) is 5.56 Å². The van der Waals surface area contributed by atoms with Crippen molar-refractivity contribution < 1.29 is 0 Å². The molecule has 0 radical (unpaired) electrons. The third kappa shape index (κ3) is 1.60. The Bertz CT molecular complexity index is 511. The van der Waals surface area contributed by atoms with Gasteiger partial charge in [0.15, 0.2) is 0 Å². The quantitative estimate of drug-likeness (QED) is 0.480. The molecule has 4 nitrogen and oxygen atoms in total. The normalized spacial score (nSPS) is 10.1. The zero-order chi connectivity index (χ0) is 9.97. The maximum Gasteiger partial charge on any atom is 0.0531 e. The lowest BCUT2D eigenvalue weighted by molar-refractivity contribution is 1.06. The van der Waals surface area contributed by atoms with E-state index in [9.17, 15) is 0 Å². The summed E-state index contributed by atoms with van der Waals surface area (Å²) in [6, 6.07) is 5.96. The van der Waals surface area contributed by atoms with Gasteiger partial charge in [0.25, 0.3) is 0 Å². The average Bonchev–Trinajstić information content (AvgIpc) is 2.57. The van der Waals surface area contributed by atoms with Crippen LogP contribution < -0.4 is 0 Å². The van der Waals surface area contributed by atoms with E-state index < -0.39 is 0 Å². The molecule has 0 amide bonds. The zero-order valence-electron chi connectivity index (χ0n) is 7.24. The summed E-state index contributed by atoms with van der Waals surface area (Å²) in [5.41, 5.74) is 10.3. The van der Waals surface area contributed by atoms with Crippen molar-refractivity contribution in [1.29, 1.82) is 0 Å². The van der Waals surface area contributed by atoms with Gasteiger partial charge in [0, 0.05) is 26.5 Å². The van der Waals surface area contributed by atoms with Crippen LogP contribution in [0.15, 0.2) is 34.0 Å². The first-order valence-electron chi connectivity index (χ1n) is 4.07. The van der Waals surface area contributed by atoms with E-state index in [-0.39, 0.29) is 0 Å². The molecule has 1 heterocycles. The van der Waals surface area contributed by atoms with Crippen molar-refractivity contribution in [2.24, 2.45) is 5.11 Å². The van der Waals surface area contributed by atoms with Gasteiger partial charge in [0.05, 0.1) is 6.54 Å². The van der Waals surface area contributed by atoms with E-state index in [0.29, 0.717) is 6.54 Å². The molecule has 0 saturated heterocycles. The van der Waals surface area contributed by atoms with E-state index in [1.54, 1.807) is 0 Å². The molecular formula is C9H7BrN4. The van der Waals surface area contributed by atoms with Crippen LogP contribution in [0.5, 0.6) is 0 Å². The van der Waals surface area contributed by atoms with Crippen LogP contribution in [0.3, 0.4) is 0 Å². The van der Waals surface area contributed by atoms with Gasteiger partial charge >= 0.3 is 0 Å². The highest BCUT2D eigenvalue weighted by atomic mass is 79.9. The van der Waals surface area contributed by atoms with Gasteiger partial charge in [-0.2, -0.15) is 0 Å². The fourth-order valence-corrected chi connectivity index (χ4v) is 1.75. The second kappa shape index (κ2) is 3.74. The maximum atomic E-state index is 8.23. The monoisotopic (exact) mass is 250 g/mol. The minimum Gasteiger partial charge on any atom is -0.361 e. The highest BCUT2D eigenvalue weighted by molar-refractivity contribution is 9.10. The first kappa shape index (κ1) is 9.12. The standard InChI is InChI=1S/C9H7BrN4/c10-7-1-2-9-8(3-7)6(4-12-9)5-13-14-11/h1-4,12H,5H2. The van der Waals surface area contributed by atoms with E-state index in [4.69, 9.17) is 5.53 Å². The molecule has 0 aliphatic rings. The summed E-state index contributed by atoms with van der Waals surface area (Å²) in [5.74, 6) is 0. The SMILES string of the molecule is [N-]=[N+]=NCc1c[nH]c2ccc(Br)cc12. The Hall–Kier alpha value is -1.45. The van der Waals surface area contributed by atoms with Gasteiger partial charge in [-0.25, -0.2) is 0 Å². The van der Waals surface area contributed by atoms with Crippen LogP contribution in [-0.4, -0.2) is 4.98 Å². The minimum absolute atomic E-state index is 0.382. The Morgan fingerprint density at radius 2 is 2.36 bits per heavy atom. The molecule has 2 rings (SSSR count). The third-order valence-corrected chi connectivity index (χ3v) is 2.53. The Labute approximate surface area is 88.7 Å². The molecule has 0 unspecified atom stereocenters. The Kier molecular flexibility index (Phi) is 2.43. The minimum atomic E-state index is 0.382. The zero-order valence-corrected chi connectivity index (χ0v) is 8.82. The molecular weight excluding hydrogens is 244 g/mol. The van der Waals surface area contributed by atoms with Gasteiger partial charge in [-0.15, -0.1) is 0 Å². The summed E-state index contributed by atoms with van der Waals surface area (Å²) in [4.78, 5) is 5.86. The van der Waals surface area contributed by atoms with E-state index in [1.807, 2.05) is 24.4 Å². The van der Waals surface area contributed by atoms with Gasteiger partial charge in [0.2, 0.25) is 0 Å². The largest absolute Gasteiger partial charge is 0.361 e. The number of rotatable bonds is 2. The molecule has 1 aromatic heterocycles. The lowest BCUT2D eigenvalue weighted by Gasteiger charge is -1.94. The topological polar surface area (TPSA) is 64.6 Å².